The summed E-state index contributed by atoms with van der Waals surface area (Å²) in [5.74, 6) is 1.05. The lowest BCUT2D eigenvalue weighted by atomic mass is 10.1. The molecule has 0 unspecified atom stereocenters. The molecule has 6 heteroatoms. The van der Waals surface area contributed by atoms with Crippen molar-refractivity contribution in [2.45, 2.75) is 38.6 Å². The van der Waals surface area contributed by atoms with E-state index in [2.05, 4.69) is 39.6 Å². The summed E-state index contributed by atoms with van der Waals surface area (Å²) in [6.07, 6.45) is 3.49. The van der Waals surface area contributed by atoms with Crippen LogP contribution in [0.2, 0.25) is 0 Å². The van der Waals surface area contributed by atoms with Crippen LogP contribution in [0.4, 0.5) is 5.69 Å². The van der Waals surface area contributed by atoms with Crippen LogP contribution in [0.25, 0.3) is 0 Å². The second kappa shape index (κ2) is 6.22. The lowest BCUT2D eigenvalue weighted by Gasteiger charge is -2.06. The van der Waals surface area contributed by atoms with Gasteiger partial charge in [0.05, 0.1) is 6.54 Å². The highest BCUT2D eigenvalue weighted by atomic mass is 32.1. The number of hydrogen-bond donors (Lipinski definition) is 2. The van der Waals surface area contributed by atoms with Gasteiger partial charge in [-0.15, -0.1) is 10.2 Å². The minimum absolute atomic E-state index is 0.409. The van der Waals surface area contributed by atoms with E-state index in [4.69, 9.17) is 5.73 Å². The molecule has 5 nitrogen and oxygen atoms in total. The van der Waals surface area contributed by atoms with Crippen LogP contribution in [0.15, 0.2) is 29.3 Å². The summed E-state index contributed by atoms with van der Waals surface area (Å²) in [5.41, 5.74) is 8.15. The number of aryl methyl sites for hydroxylation is 1. The molecule has 2 aromatic rings. The maximum atomic E-state index is 5.92. The van der Waals surface area contributed by atoms with Gasteiger partial charge in [0.1, 0.15) is 10.0 Å². The van der Waals surface area contributed by atoms with E-state index in [1.807, 2.05) is 12.1 Å². The minimum atomic E-state index is 0.409. The number of anilines is 1. The van der Waals surface area contributed by atoms with Crippen LogP contribution in [0.5, 0.6) is 0 Å². The zero-order chi connectivity index (χ0) is 14.7. The number of guanidine groups is 1. The SMILES string of the molecule is CCc1cccc(NC(N)=NCc2nnc(C3CC3)s2)c1. The lowest BCUT2D eigenvalue weighted by Crippen LogP contribution is -2.22. The third-order valence-corrected chi connectivity index (χ3v) is 4.47. The molecule has 0 radical (unpaired) electrons. The average Bonchev–Trinajstić information content (AvgIpc) is 3.24. The Kier molecular flexibility index (Phi) is 4.15. The average molecular weight is 301 g/mol. The molecule has 1 aliphatic rings. The molecule has 3 rings (SSSR count). The number of nitrogens with zero attached hydrogens (tertiary/aromatic N) is 3. The number of benzene rings is 1. The van der Waals surface area contributed by atoms with E-state index < -0.39 is 0 Å². The van der Waals surface area contributed by atoms with Crippen molar-refractivity contribution >= 4 is 23.0 Å². The molecule has 0 saturated heterocycles. The molecule has 110 valence electrons. The first-order chi connectivity index (χ1) is 10.2. The van der Waals surface area contributed by atoms with Crippen molar-refractivity contribution in [1.29, 1.82) is 0 Å². The van der Waals surface area contributed by atoms with Crippen LogP contribution < -0.4 is 11.1 Å². The van der Waals surface area contributed by atoms with E-state index in [1.165, 1.54) is 18.4 Å². The molecule has 0 atom stereocenters. The summed E-state index contributed by atoms with van der Waals surface area (Å²) in [6, 6.07) is 8.18. The molecule has 1 saturated carbocycles. The third-order valence-electron chi connectivity index (χ3n) is 3.40. The molecule has 1 aromatic carbocycles. The number of nitrogens with two attached hydrogens (primary N) is 1. The van der Waals surface area contributed by atoms with Gasteiger partial charge in [-0.25, -0.2) is 4.99 Å². The van der Waals surface area contributed by atoms with Crippen LogP contribution >= 0.6 is 11.3 Å². The fraction of sp³-hybridized carbons (Fsp3) is 0.400. The summed E-state index contributed by atoms with van der Waals surface area (Å²) >= 11 is 1.65. The Morgan fingerprint density at radius 3 is 3.05 bits per heavy atom. The molecular weight excluding hydrogens is 282 g/mol. The number of nitrogens with one attached hydrogen (secondary N) is 1. The van der Waals surface area contributed by atoms with Gasteiger partial charge in [-0.1, -0.05) is 30.4 Å². The highest BCUT2D eigenvalue weighted by Crippen LogP contribution is 2.41. The molecule has 0 spiro atoms. The Labute approximate surface area is 128 Å². The molecule has 3 N–H and O–H groups in total. The maximum absolute atomic E-state index is 5.92. The fourth-order valence-corrected chi connectivity index (χ4v) is 2.97. The zero-order valence-electron chi connectivity index (χ0n) is 12.0. The van der Waals surface area contributed by atoms with Crippen LogP contribution in [0.3, 0.4) is 0 Å². The zero-order valence-corrected chi connectivity index (χ0v) is 12.9. The summed E-state index contributed by atoms with van der Waals surface area (Å²) in [5, 5.41) is 13.5. The number of hydrogen-bond acceptors (Lipinski definition) is 4. The number of aromatic nitrogens is 2. The molecule has 0 amide bonds. The van der Waals surface area contributed by atoms with Gasteiger partial charge in [-0.2, -0.15) is 0 Å². The Morgan fingerprint density at radius 1 is 1.43 bits per heavy atom. The van der Waals surface area contributed by atoms with E-state index in [-0.39, 0.29) is 0 Å². The van der Waals surface area contributed by atoms with Gasteiger partial charge in [-0.3, -0.25) is 0 Å². The van der Waals surface area contributed by atoms with Crippen molar-refractivity contribution in [2.75, 3.05) is 5.32 Å². The molecule has 1 fully saturated rings. The van der Waals surface area contributed by atoms with Gasteiger partial charge < -0.3 is 11.1 Å². The van der Waals surface area contributed by atoms with E-state index in [0.717, 1.165) is 22.1 Å². The van der Waals surface area contributed by atoms with Crippen molar-refractivity contribution in [2.24, 2.45) is 10.7 Å². The number of aliphatic imine (C=N–C) groups is 1. The van der Waals surface area contributed by atoms with Crippen molar-refractivity contribution in [3.63, 3.8) is 0 Å². The Morgan fingerprint density at radius 2 is 2.29 bits per heavy atom. The number of rotatable bonds is 5. The van der Waals surface area contributed by atoms with Gasteiger partial charge in [0.15, 0.2) is 5.96 Å². The summed E-state index contributed by atoms with van der Waals surface area (Å²) in [6.45, 7) is 2.61. The molecular formula is C15H19N5S. The topological polar surface area (TPSA) is 76.2 Å². The lowest BCUT2D eigenvalue weighted by molar-refractivity contribution is 0.917. The summed E-state index contributed by atoms with van der Waals surface area (Å²) in [4.78, 5) is 4.33. The largest absolute Gasteiger partial charge is 0.370 e. The maximum Gasteiger partial charge on any atom is 0.193 e. The minimum Gasteiger partial charge on any atom is -0.370 e. The third kappa shape index (κ3) is 3.78. The Balaban J connectivity index is 1.59. The Bertz CT molecular complexity index is 645. The Hall–Kier alpha value is -1.95. The van der Waals surface area contributed by atoms with Gasteiger partial charge >= 0.3 is 0 Å². The van der Waals surface area contributed by atoms with Crippen LogP contribution in [-0.4, -0.2) is 16.2 Å². The normalized spacial score (nSPS) is 15.2. The van der Waals surface area contributed by atoms with Crippen molar-refractivity contribution in [3.8, 4) is 0 Å². The van der Waals surface area contributed by atoms with Crippen LogP contribution in [-0.2, 0) is 13.0 Å². The molecule has 1 heterocycles. The van der Waals surface area contributed by atoms with Gasteiger partial charge in [0, 0.05) is 11.6 Å². The predicted octanol–water partition coefficient (Wildman–Crippen LogP) is 2.90. The summed E-state index contributed by atoms with van der Waals surface area (Å²) < 4.78 is 0. The quantitative estimate of drug-likeness (QED) is 0.657. The second-order valence-electron chi connectivity index (χ2n) is 5.19. The highest BCUT2D eigenvalue weighted by Gasteiger charge is 2.27. The van der Waals surface area contributed by atoms with E-state index >= 15 is 0 Å². The standard InChI is InChI=1S/C15H19N5S/c1-2-10-4-3-5-12(8-10)18-15(16)17-9-13-19-20-14(21-13)11-6-7-11/h3-5,8,11H,2,6-7,9H2,1H3,(H3,16,17,18). The molecule has 21 heavy (non-hydrogen) atoms. The summed E-state index contributed by atoms with van der Waals surface area (Å²) in [7, 11) is 0. The molecule has 1 aliphatic carbocycles. The highest BCUT2D eigenvalue weighted by molar-refractivity contribution is 7.11. The van der Waals surface area contributed by atoms with Gasteiger partial charge in [0.2, 0.25) is 0 Å². The second-order valence-corrected chi connectivity index (χ2v) is 6.28. The smallest absolute Gasteiger partial charge is 0.193 e. The molecule has 0 aliphatic heterocycles. The fourth-order valence-electron chi connectivity index (χ4n) is 2.03. The van der Waals surface area contributed by atoms with Crippen molar-refractivity contribution < 1.29 is 0 Å². The first kappa shape index (κ1) is 14.0. The molecule has 0 bridgehead atoms. The van der Waals surface area contributed by atoms with Crippen molar-refractivity contribution in [3.05, 3.63) is 39.8 Å². The van der Waals surface area contributed by atoms with E-state index in [9.17, 15) is 0 Å². The predicted molar refractivity (Wildman–Crippen MR) is 86.7 cm³/mol. The van der Waals surface area contributed by atoms with Crippen LogP contribution in [0, 0.1) is 0 Å². The van der Waals surface area contributed by atoms with Gasteiger partial charge in [0.25, 0.3) is 0 Å². The molecule has 1 aromatic heterocycles. The van der Waals surface area contributed by atoms with E-state index in [0.29, 0.717) is 18.4 Å². The van der Waals surface area contributed by atoms with Gasteiger partial charge in [-0.05, 0) is 37.0 Å². The van der Waals surface area contributed by atoms with E-state index in [1.54, 1.807) is 11.3 Å². The van der Waals surface area contributed by atoms with Crippen molar-refractivity contribution in [1.82, 2.24) is 10.2 Å². The van der Waals surface area contributed by atoms with Crippen LogP contribution in [0.1, 0.15) is 41.3 Å². The first-order valence-electron chi connectivity index (χ1n) is 7.22. The first-order valence-corrected chi connectivity index (χ1v) is 8.04. The monoisotopic (exact) mass is 301 g/mol.